The lowest BCUT2D eigenvalue weighted by molar-refractivity contribution is 0.120. The molecule has 0 aliphatic heterocycles. The lowest BCUT2D eigenvalue weighted by Crippen LogP contribution is -2.10. The largest absolute Gasteiger partial charge is 0.513 e. The topological polar surface area (TPSA) is 44.8 Å². The minimum absolute atomic E-state index is 0.0784. The van der Waals surface area contributed by atoms with Crippen LogP contribution < -0.4 is 9.47 Å². The number of aryl methyl sites for hydroxylation is 2. The van der Waals surface area contributed by atoms with Gasteiger partial charge in [0.2, 0.25) is 0 Å². The summed E-state index contributed by atoms with van der Waals surface area (Å²) in [5, 5.41) is 0. The number of halogens is 1. The second kappa shape index (κ2) is 7.63. The van der Waals surface area contributed by atoms with E-state index < -0.39 is 12.0 Å². The zero-order chi connectivity index (χ0) is 16.8. The first kappa shape index (κ1) is 16.8. The van der Waals surface area contributed by atoms with Crippen LogP contribution in [0.15, 0.2) is 36.4 Å². The van der Waals surface area contributed by atoms with Gasteiger partial charge in [-0.15, -0.1) is 0 Å². The van der Waals surface area contributed by atoms with Gasteiger partial charge in [0.25, 0.3) is 0 Å². The minimum Gasteiger partial charge on any atom is -0.486 e. The normalized spacial score (nSPS) is 10.3. The van der Waals surface area contributed by atoms with E-state index >= 15 is 0 Å². The Morgan fingerprint density at radius 3 is 2.57 bits per heavy atom. The fraction of sp³-hybridized carbons (Fsp3) is 0.278. The molecule has 0 aliphatic carbocycles. The van der Waals surface area contributed by atoms with E-state index in [0.29, 0.717) is 11.3 Å². The Morgan fingerprint density at radius 1 is 1.13 bits per heavy atom. The molecule has 0 amide bonds. The molecule has 0 N–H and O–H groups in total. The quantitative estimate of drug-likeness (QED) is 0.604. The molecule has 0 radical (unpaired) electrons. The summed E-state index contributed by atoms with van der Waals surface area (Å²) in [4.78, 5) is 11.2. The van der Waals surface area contributed by atoms with Crippen LogP contribution in [0, 0.1) is 12.7 Å². The SMILES string of the molecule is CCc1cc(F)c(OCc2ccccc2OC(=O)OC)cc1C. The molecular weight excluding hydrogens is 299 g/mol. The second-order valence-corrected chi connectivity index (χ2v) is 5.02. The van der Waals surface area contributed by atoms with Gasteiger partial charge in [0.15, 0.2) is 11.6 Å². The van der Waals surface area contributed by atoms with E-state index in [2.05, 4.69) is 4.74 Å². The molecular formula is C18H19FO4. The summed E-state index contributed by atoms with van der Waals surface area (Å²) in [7, 11) is 1.23. The molecule has 0 saturated heterocycles. The number of ether oxygens (including phenoxy) is 3. The van der Waals surface area contributed by atoms with Crippen molar-refractivity contribution in [1.82, 2.24) is 0 Å². The fourth-order valence-electron chi connectivity index (χ4n) is 2.20. The van der Waals surface area contributed by atoms with E-state index in [-0.39, 0.29) is 12.4 Å². The van der Waals surface area contributed by atoms with Crippen LogP contribution in [0.1, 0.15) is 23.6 Å². The smallest absolute Gasteiger partial charge is 0.486 e. The van der Waals surface area contributed by atoms with Crippen molar-refractivity contribution in [3.8, 4) is 11.5 Å². The Bertz CT molecular complexity index is 697. The van der Waals surface area contributed by atoms with E-state index in [1.165, 1.54) is 13.2 Å². The summed E-state index contributed by atoms with van der Waals surface area (Å²) in [5.41, 5.74) is 2.54. The molecule has 0 saturated carbocycles. The maximum Gasteiger partial charge on any atom is 0.513 e. The predicted molar refractivity (Wildman–Crippen MR) is 84.3 cm³/mol. The number of rotatable bonds is 5. The number of para-hydroxylation sites is 1. The first-order chi connectivity index (χ1) is 11.0. The first-order valence-electron chi connectivity index (χ1n) is 7.30. The van der Waals surface area contributed by atoms with E-state index in [0.717, 1.165) is 17.5 Å². The van der Waals surface area contributed by atoms with Crippen LogP contribution in [0.3, 0.4) is 0 Å². The van der Waals surface area contributed by atoms with Crippen molar-refractivity contribution in [2.75, 3.05) is 7.11 Å². The molecule has 23 heavy (non-hydrogen) atoms. The third-order valence-corrected chi connectivity index (χ3v) is 3.49. The highest BCUT2D eigenvalue weighted by atomic mass is 19.1. The van der Waals surface area contributed by atoms with Crippen LogP contribution in [-0.2, 0) is 17.8 Å². The predicted octanol–water partition coefficient (Wildman–Crippen LogP) is 4.42. The summed E-state index contributed by atoms with van der Waals surface area (Å²) < 4.78 is 29.1. The van der Waals surface area contributed by atoms with Gasteiger partial charge < -0.3 is 14.2 Å². The van der Waals surface area contributed by atoms with E-state index in [1.54, 1.807) is 30.3 Å². The first-order valence-corrected chi connectivity index (χ1v) is 7.30. The van der Waals surface area contributed by atoms with Crippen LogP contribution in [-0.4, -0.2) is 13.3 Å². The monoisotopic (exact) mass is 318 g/mol. The number of carbonyl (C=O) groups excluding carboxylic acids is 1. The van der Waals surface area contributed by atoms with Crippen molar-refractivity contribution in [3.63, 3.8) is 0 Å². The summed E-state index contributed by atoms with van der Waals surface area (Å²) in [6.07, 6.45) is -0.0504. The summed E-state index contributed by atoms with van der Waals surface area (Å²) in [5.74, 6) is 0.0908. The van der Waals surface area contributed by atoms with Crippen LogP contribution in [0.25, 0.3) is 0 Å². The highest BCUT2D eigenvalue weighted by molar-refractivity contribution is 5.64. The molecule has 2 rings (SSSR count). The molecule has 0 fully saturated rings. The summed E-state index contributed by atoms with van der Waals surface area (Å²) in [6, 6.07) is 10.0. The number of hydrogen-bond acceptors (Lipinski definition) is 4. The molecule has 2 aromatic rings. The zero-order valence-corrected chi connectivity index (χ0v) is 13.4. The molecule has 0 aromatic heterocycles. The Hall–Kier alpha value is -2.56. The Labute approximate surface area is 134 Å². The van der Waals surface area contributed by atoms with Gasteiger partial charge in [-0.05, 0) is 42.7 Å². The third-order valence-electron chi connectivity index (χ3n) is 3.49. The van der Waals surface area contributed by atoms with Gasteiger partial charge in [-0.2, -0.15) is 0 Å². The van der Waals surface area contributed by atoms with Crippen molar-refractivity contribution in [3.05, 3.63) is 58.9 Å². The second-order valence-electron chi connectivity index (χ2n) is 5.02. The van der Waals surface area contributed by atoms with Gasteiger partial charge in [0.1, 0.15) is 12.4 Å². The zero-order valence-electron chi connectivity index (χ0n) is 13.4. The van der Waals surface area contributed by atoms with Crippen molar-refractivity contribution < 1.29 is 23.4 Å². The minimum atomic E-state index is -0.813. The lowest BCUT2D eigenvalue weighted by Gasteiger charge is -2.13. The highest BCUT2D eigenvalue weighted by Gasteiger charge is 2.12. The molecule has 0 heterocycles. The van der Waals surface area contributed by atoms with Crippen LogP contribution >= 0.6 is 0 Å². The maximum atomic E-state index is 14.1. The van der Waals surface area contributed by atoms with Crippen molar-refractivity contribution in [1.29, 1.82) is 0 Å². The van der Waals surface area contributed by atoms with Crippen molar-refractivity contribution in [2.45, 2.75) is 26.9 Å². The van der Waals surface area contributed by atoms with E-state index in [4.69, 9.17) is 9.47 Å². The number of carbonyl (C=O) groups is 1. The van der Waals surface area contributed by atoms with E-state index in [9.17, 15) is 9.18 Å². The Morgan fingerprint density at radius 2 is 1.87 bits per heavy atom. The molecule has 0 unspecified atom stereocenters. The molecule has 0 aliphatic rings. The van der Waals surface area contributed by atoms with E-state index in [1.807, 2.05) is 13.8 Å². The number of methoxy groups -OCH3 is 1. The van der Waals surface area contributed by atoms with Gasteiger partial charge >= 0.3 is 6.16 Å². The molecule has 5 heteroatoms. The van der Waals surface area contributed by atoms with Crippen molar-refractivity contribution >= 4 is 6.16 Å². The molecule has 0 atom stereocenters. The van der Waals surface area contributed by atoms with Crippen LogP contribution in [0.2, 0.25) is 0 Å². The van der Waals surface area contributed by atoms with Gasteiger partial charge in [-0.3, -0.25) is 0 Å². The average Bonchev–Trinajstić information content (AvgIpc) is 2.56. The summed E-state index contributed by atoms with van der Waals surface area (Å²) in [6.45, 7) is 3.97. The van der Waals surface area contributed by atoms with Gasteiger partial charge in [-0.25, -0.2) is 9.18 Å². The summed E-state index contributed by atoms with van der Waals surface area (Å²) >= 11 is 0. The van der Waals surface area contributed by atoms with Crippen LogP contribution in [0.5, 0.6) is 11.5 Å². The highest BCUT2D eigenvalue weighted by Crippen LogP contribution is 2.25. The van der Waals surface area contributed by atoms with Gasteiger partial charge in [0, 0.05) is 5.56 Å². The number of benzene rings is 2. The Balaban J connectivity index is 2.15. The third kappa shape index (κ3) is 4.22. The average molecular weight is 318 g/mol. The standard InChI is InChI=1S/C18H19FO4/c1-4-13-10-15(19)17(9-12(13)2)22-11-14-7-5-6-8-16(14)23-18(20)21-3/h5-10H,4,11H2,1-3H3. The molecule has 122 valence electrons. The fourth-order valence-corrected chi connectivity index (χ4v) is 2.20. The Kier molecular flexibility index (Phi) is 5.57. The number of hydrogen-bond donors (Lipinski definition) is 0. The van der Waals surface area contributed by atoms with Gasteiger partial charge in [0.05, 0.1) is 7.11 Å². The molecule has 0 spiro atoms. The maximum absolute atomic E-state index is 14.1. The van der Waals surface area contributed by atoms with Gasteiger partial charge in [-0.1, -0.05) is 25.1 Å². The molecule has 2 aromatic carbocycles. The molecule has 0 bridgehead atoms. The molecule has 4 nitrogen and oxygen atoms in total. The van der Waals surface area contributed by atoms with Crippen molar-refractivity contribution in [2.24, 2.45) is 0 Å². The lowest BCUT2D eigenvalue weighted by atomic mass is 10.1. The van der Waals surface area contributed by atoms with Crippen LogP contribution in [0.4, 0.5) is 9.18 Å².